The van der Waals surface area contributed by atoms with Crippen molar-refractivity contribution in [2.75, 3.05) is 18.2 Å². The van der Waals surface area contributed by atoms with Gasteiger partial charge in [0.15, 0.2) is 4.34 Å². The monoisotopic (exact) mass is 527 g/mol. The molecule has 1 aliphatic carbocycles. The minimum Gasteiger partial charge on any atom is -0.497 e. The third-order valence-corrected chi connectivity index (χ3v) is 8.85. The summed E-state index contributed by atoms with van der Waals surface area (Å²) >= 11 is 3.00. The van der Waals surface area contributed by atoms with Gasteiger partial charge in [-0.2, -0.15) is 0 Å². The van der Waals surface area contributed by atoms with E-state index >= 15 is 0 Å². The number of anilines is 1. The molecule has 0 aliphatic heterocycles. The zero-order valence-corrected chi connectivity index (χ0v) is 22.0. The van der Waals surface area contributed by atoms with Crippen LogP contribution < -0.4 is 10.1 Å². The van der Waals surface area contributed by atoms with Crippen LogP contribution in [0.2, 0.25) is 0 Å². The summed E-state index contributed by atoms with van der Waals surface area (Å²) in [6, 6.07) is 21.0. The number of rotatable bonds is 6. The molecule has 8 heteroatoms. The van der Waals surface area contributed by atoms with E-state index in [0.717, 1.165) is 39.3 Å². The highest BCUT2D eigenvalue weighted by atomic mass is 32.2. The van der Waals surface area contributed by atoms with Crippen LogP contribution in [0.15, 0.2) is 71.1 Å². The molecule has 2 aromatic heterocycles. The highest BCUT2D eigenvalue weighted by Gasteiger charge is 2.23. The number of thiazole rings is 1. The van der Waals surface area contributed by atoms with Crippen molar-refractivity contribution in [3.05, 3.63) is 83.6 Å². The summed E-state index contributed by atoms with van der Waals surface area (Å²) in [7, 11) is 1.58. The predicted octanol–water partition coefficient (Wildman–Crippen LogP) is 6.82. The zero-order valence-electron chi connectivity index (χ0n) is 20.3. The van der Waals surface area contributed by atoms with Gasteiger partial charge in [-0.3, -0.25) is 14.2 Å². The van der Waals surface area contributed by atoms with Crippen LogP contribution in [0.4, 0.5) is 5.69 Å². The molecule has 186 valence electrons. The number of para-hydroxylation sites is 1. The first-order valence-electron chi connectivity index (χ1n) is 12.2. The lowest BCUT2D eigenvalue weighted by atomic mass is 9.96. The van der Waals surface area contributed by atoms with Gasteiger partial charge in [0.2, 0.25) is 5.91 Å². The minimum absolute atomic E-state index is 0.0925. The summed E-state index contributed by atoms with van der Waals surface area (Å²) in [4.78, 5) is 30.8. The smallest absolute Gasteiger partial charge is 0.255 e. The molecule has 3 aromatic carbocycles. The molecule has 0 bridgehead atoms. The van der Waals surface area contributed by atoms with Crippen LogP contribution in [0.3, 0.4) is 0 Å². The molecule has 0 fully saturated rings. The Balaban J connectivity index is 1.18. The van der Waals surface area contributed by atoms with Crippen molar-refractivity contribution in [1.29, 1.82) is 0 Å². The molecule has 0 saturated carbocycles. The molecule has 37 heavy (non-hydrogen) atoms. The summed E-state index contributed by atoms with van der Waals surface area (Å²) < 4.78 is 8.95. The van der Waals surface area contributed by atoms with Crippen molar-refractivity contribution in [3.63, 3.8) is 0 Å². The first-order valence-corrected chi connectivity index (χ1v) is 14.0. The average molecular weight is 528 g/mol. The van der Waals surface area contributed by atoms with Crippen LogP contribution >= 0.6 is 23.1 Å². The Kier molecular flexibility index (Phi) is 6.44. The lowest BCUT2D eigenvalue weighted by molar-refractivity contribution is 0.0942. The van der Waals surface area contributed by atoms with Gasteiger partial charge in [0.25, 0.3) is 5.91 Å². The minimum atomic E-state index is -0.203. The fraction of sp³-hybridized carbons (Fsp3) is 0.207. The van der Waals surface area contributed by atoms with Crippen molar-refractivity contribution < 1.29 is 14.3 Å². The third kappa shape index (κ3) is 4.63. The molecule has 6 rings (SSSR count). The fourth-order valence-electron chi connectivity index (χ4n) is 4.98. The van der Waals surface area contributed by atoms with E-state index in [1.54, 1.807) is 31.4 Å². The average Bonchev–Trinajstić information content (AvgIpc) is 3.50. The first-order chi connectivity index (χ1) is 18.1. The molecule has 2 heterocycles. The summed E-state index contributed by atoms with van der Waals surface area (Å²) in [5.41, 5.74) is 5.60. The quantitative estimate of drug-likeness (QED) is 0.245. The molecule has 0 spiro atoms. The molecule has 0 atom stereocenters. The summed E-state index contributed by atoms with van der Waals surface area (Å²) in [6.07, 6.45) is 4.29. The molecule has 1 amide bonds. The molecule has 1 N–H and O–H groups in total. The second-order valence-electron chi connectivity index (χ2n) is 9.02. The molecule has 5 aromatic rings. The fourth-order valence-corrected chi connectivity index (χ4v) is 6.94. The van der Waals surface area contributed by atoms with Crippen LogP contribution in [0, 0.1) is 0 Å². The number of aromatic nitrogens is 2. The van der Waals surface area contributed by atoms with Crippen LogP contribution in [-0.2, 0) is 12.8 Å². The Morgan fingerprint density at radius 2 is 1.92 bits per heavy atom. The predicted molar refractivity (Wildman–Crippen MR) is 150 cm³/mol. The lowest BCUT2D eigenvalue weighted by Gasteiger charge is -2.14. The van der Waals surface area contributed by atoms with Gasteiger partial charge in [-0.25, -0.2) is 4.98 Å². The van der Waals surface area contributed by atoms with Crippen LogP contribution in [-0.4, -0.2) is 34.2 Å². The molecule has 6 nitrogen and oxygen atoms in total. The Morgan fingerprint density at radius 1 is 1.05 bits per heavy atom. The number of fused-ring (bicyclic) bond motifs is 4. The normalized spacial score (nSPS) is 13.0. The number of hydrogen-bond acceptors (Lipinski definition) is 6. The topological polar surface area (TPSA) is 73.2 Å². The van der Waals surface area contributed by atoms with Gasteiger partial charge in [0, 0.05) is 22.3 Å². The number of nitrogens with zero attached hydrogens (tertiary/aromatic N) is 2. The van der Waals surface area contributed by atoms with Gasteiger partial charge in [-0.05, 0) is 73.7 Å². The van der Waals surface area contributed by atoms with Crippen molar-refractivity contribution in [2.24, 2.45) is 0 Å². The van der Waals surface area contributed by atoms with E-state index in [1.807, 2.05) is 28.8 Å². The largest absolute Gasteiger partial charge is 0.497 e. The van der Waals surface area contributed by atoms with E-state index in [1.165, 1.54) is 46.2 Å². The number of thioether (sulfide) groups is 1. The second kappa shape index (κ2) is 10.0. The molecular formula is C29H25N3O3S2. The molecule has 0 saturated heterocycles. The Hall–Kier alpha value is -3.62. The first kappa shape index (κ1) is 23.8. The number of methoxy groups -OCH3 is 1. The van der Waals surface area contributed by atoms with Gasteiger partial charge in [-0.1, -0.05) is 36.0 Å². The van der Waals surface area contributed by atoms with Gasteiger partial charge < -0.3 is 10.1 Å². The zero-order chi connectivity index (χ0) is 25.4. The highest BCUT2D eigenvalue weighted by Crippen LogP contribution is 2.34. The number of benzene rings is 3. The number of carbonyl (C=O) groups excluding carboxylic acids is 2. The van der Waals surface area contributed by atoms with Crippen LogP contribution in [0.5, 0.6) is 5.75 Å². The maximum absolute atomic E-state index is 13.4. The third-order valence-electron chi connectivity index (χ3n) is 6.71. The number of nitrogens with one attached hydrogen (secondary N) is 1. The maximum Gasteiger partial charge on any atom is 0.255 e. The standard InChI is InChI=1S/C29H25N3O3S2/c1-35-20-8-6-7-18(15-20)28(34)30-19-13-14-23-26(16-19)37-29(31-23)36-17-27(33)32-24-11-4-2-9-21(24)22-10-3-5-12-25(22)32/h2,4,6-9,11,13-16H,3,5,10,12,17H2,1H3,(H,30,34). The summed E-state index contributed by atoms with van der Waals surface area (Å²) in [5.74, 6) is 0.847. The van der Waals surface area contributed by atoms with Crippen molar-refractivity contribution in [3.8, 4) is 5.75 Å². The summed E-state index contributed by atoms with van der Waals surface area (Å²) in [5, 5.41) is 4.15. The van der Waals surface area contributed by atoms with E-state index < -0.39 is 0 Å². The molecular weight excluding hydrogens is 502 g/mol. The maximum atomic E-state index is 13.4. The van der Waals surface area contributed by atoms with E-state index in [-0.39, 0.29) is 11.8 Å². The summed E-state index contributed by atoms with van der Waals surface area (Å²) in [6.45, 7) is 0. The molecule has 0 unspecified atom stereocenters. The van der Waals surface area contributed by atoms with E-state index in [4.69, 9.17) is 9.72 Å². The van der Waals surface area contributed by atoms with Crippen LogP contribution in [0.1, 0.15) is 39.3 Å². The van der Waals surface area contributed by atoms with Gasteiger partial charge in [0.1, 0.15) is 5.75 Å². The SMILES string of the molecule is COc1cccc(C(=O)Nc2ccc3nc(SCC(=O)n4c5c(c6ccccc64)CCCC5)sc3c2)c1. The van der Waals surface area contributed by atoms with E-state index in [9.17, 15) is 9.59 Å². The molecule has 1 aliphatic rings. The number of amides is 1. The van der Waals surface area contributed by atoms with Gasteiger partial charge in [0.05, 0.1) is 28.6 Å². The van der Waals surface area contributed by atoms with Gasteiger partial charge in [-0.15, -0.1) is 11.3 Å². The molecule has 0 radical (unpaired) electrons. The van der Waals surface area contributed by atoms with Crippen molar-refractivity contribution >= 4 is 61.7 Å². The van der Waals surface area contributed by atoms with E-state index in [0.29, 0.717) is 22.8 Å². The van der Waals surface area contributed by atoms with Gasteiger partial charge >= 0.3 is 0 Å². The van der Waals surface area contributed by atoms with Crippen LogP contribution in [0.25, 0.3) is 21.1 Å². The highest BCUT2D eigenvalue weighted by molar-refractivity contribution is 8.01. The number of hydrogen-bond donors (Lipinski definition) is 1. The Morgan fingerprint density at radius 3 is 2.81 bits per heavy atom. The number of carbonyl (C=O) groups is 2. The second-order valence-corrected chi connectivity index (χ2v) is 11.3. The van der Waals surface area contributed by atoms with Crippen molar-refractivity contribution in [2.45, 2.75) is 30.0 Å². The number of ether oxygens (including phenoxy) is 1. The Labute approximate surface area is 222 Å². The Bertz CT molecular complexity index is 1650. The lowest BCUT2D eigenvalue weighted by Crippen LogP contribution is -2.18. The number of aryl methyl sites for hydroxylation is 1. The van der Waals surface area contributed by atoms with Crippen molar-refractivity contribution in [1.82, 2.24) is 9.55 Å². The van der Waals surface area contributed by atoms with E-state index in [2.05, 4.69) is 23.5 Å².